The van der Waals surface area contributed by atoms with E-state index in [1.807, 2.05) is 37.4 Å². The summed E-state index contributed by atoms with van der Waals surface area (Å²) in [6.07, 6.45) is 3.57. The number of aromatic nitrogens is 1. The highest BCUT2D eigenvalue weighted by molar-refractivity contribution is 9.10. The minimum Gasteiger partial charge on any atom is -0.381 e. The minimum absolute atomic E-state index is 0.0860. The molecule has 0 saturated heterocycles. The number of nitrogens with one attached hydrogen (secondary N) is 2. The van der Waals surface area contributed by atoms with E-state index in [9.17, 15) is 4.79 Å². The SMILES string of the molecule is CNC(=O)c1ccc(C)c(NCc2cncc(Br)c2)c1. The molecule has 1 heterocycles. The van der Waals surface area contributed by atoms with Crippen LogP contribution in [0.2, 0.25) is 0 Å². The maximum Gasteiger partial charge on any atom is 0.251 e. The van der Waals surface area contributed by atoms with Gasteiger partial charge in [-0.25, -0.2) is 0 Å². The highest BCUT2D eigenvalue weighted by Gasteiger charge is 2.06. The first kappa shape index (κ1) is 14.5. The van der Waals surface area contributed by atoms with Crippen LogP contribution in [0.3, 0.4) is 0 Å². The van der Waals surface area contributed by atoms with E-state index in [0.29, 0.717) is 12.1 Å². The van der Waals surface area contributed by atoms with Gasteiger partial charge in [0, 0.05) is 41.7 Å². The van der Waals surface area contributed by atoms with E-state index >= 15 is 0 Å². The molecule has 0 spiro atoms. The summed E-state index contributed by atoms with van der Waals surface area (Å²) in [6.45, 7) is 2.67. The van der Waals surface area contributed by atoms with E-state index in [1.54, 1.807) is 13.2 Å². The van der Waals surface area contributed by atoms with Gasteiger partial charge in [-0.2, -0.15) is 0 Å². The summed E-state index contributed by atoms with van der Waals surface area (Å²) in [5.41, 5.74) is 3.77. The number of rotatable bonds is 4. The molecule has 0 aliphatic heterocycles. The average molecular weight is 334 g/mol. The zero-order valence-electron chi connectivity index (χ0n) is 11.4. The summed E-state index contributed by atoms with van der Waals surface area (Å²) >= 11 is 3.40. The quantitative estimate of drug-likeness (QED) is 0.903. The van der Waals surface area contributed by atoms with E-state index in [2.05, 4.69) is 31.5 Å². The molecule has 1 aromatic heterocycles. The van der Waals surface area contributed by atoms with Crippen LogP contribution in [0.25, 0.3) is 0 Å². The molecule has 0 atom stereocenters. The number of carbonyl (C=O) groups excluding carboxylic acids is 1. The van der Waals surface area contributed by atoms with Crippen molar-refractivity contribution in [2.45, 2.75) is 13.5 Å². The second-order valence-corrected chi connectivity index (χ2v) is 5.39. The van der Waals surface area contributed by atoms with E-state index < -0.39 is 0 Å². The molecule has 2 N–H and O–H groups in total. The van der Waals surface area contributed by atoms with Crippen LogP contribution in [0, 0.1) is 6.92 Å². The first-order valence-corrected chi connectivity index (χ1v) is 7.05. The molecule has 1 aromatic carbocycles. The van der Waals surface area contributed by atoms with Gasteiger partial charge in [0.2, 0.25) is 0 Å². The fourth-order valence-corrected chi connectivity index (χ4v) is 2.26. The van der Waals surface area contributed by atoms with Crippen molar-refractivity contribution in [2.75, 3.05) is 12.4 Å². The van der Waals surface area contributed by atoms with Crippen molar-refractivity contribution in [3.63, 3.8) is 0 Å². The van der Waals surface area contributed by atoms with E-state index in [-0.39, 0.29) is 5.91 Å². The molecule has 4 nitrogen and oxygen atoms in total. The maximum atomic E-state index is 11.6. The van der Waals surface area contributed by atoms with Crippen LogP contribution in [-0.2, 0) is 6.54 Å². The van der Waals surface area contributed by atoms with E-state index in [1.165, 1.54) is 0 Å². The van der Waals surface area contributed by atoms with Gasteiger partial charge in [-0.3, -0.25) is 9.78 Å². The summed E-state index contributed by atoms with van der Waals surface area (Å²) in [5, 5.41) is 5.96. The molecule has 0 fully saturated rings. The lowest BCUT2D eigenvalue weighted by molar-refractivity contribution is 0.0963. The lowest BCUT2D eigenvalue weighted by Gasteiger charge is -2.11. The van der Waals surface area contributed by atoms with Crippen LogP contribution < -0.4 is 10.6 Å². The Hall–Kier alpha value is -1.88. The highest BCUT2D eigenvalue weighted by Crippen LogP contribution is 2.18. The van der Waals surface area contributed by atoms with Crippen LogP contribution in [0.15, 0.2) is 41.1 Å². The molecule has 0 unspecified atom stereocenters. The Kier molecular flexibility index (Phi) is 4.74. The third-order valence-electron chi connectivity index (χ3n) is 2.97. The average Bonchev–Trinajstić information content (AvgIpc) is 2.45. The van der Waals surface area contributed by atoms with Crippen LogP contribution >= 0.6 is 15.9 Å². The van der Waals surface area contributed by atoms with Crippen molar-refractivity contribution in [1.29, 1.82) is 0 Å². The van der Waals surface area contributed by atoms with Gasteiger partial charge in [-0.1, -0.05) is 6.07 Å². The van der Waals surface area contributed by atoms with Crippen molar-refractivity contribution in [3.8, 4) is 0 Å². The Morgan fingerprint density at radius 2 is 2.10 bits per heavy atom. The summed E-state index contributed by atoms with van der Waals surface area (Å²) < 4.78 is 0.952. The van der Waals surface area contributed by atoms with Gasteiger partial charge in [0.15, 0.2) is 0 Å². The van der Waals surface area contributed by atoms with Crippen molar-refractivity contribution in [2.24, 2.45) is 0 Å². The molecule has 104 valence electrons. The smallest absolute Gasteiger partial charge is 0.251 e. The number of hydrogen-bond donors (Lipinski definition) is 2. The van der Waals surface area contributed by atoms with Gasteiger partial charge < -0.3 is 10.6 Å². The topological polar surface area (TPSA) is 54.0 Å². The Morgan fingerprint density at radius 1 is 1.30 bits per heavy atom. The summed E-state index contributed by atoms with van der Waals surface area (Å²) in [7, 11) is 1.63. The predicted octanol–water partition coefficient (Wildman–Crippen LogP) is 3.12. The number of anilines is 1. The fourth-order valence-electron chi connectivity index (χ4n) is 1.85. The summed E-state index contributed by atoms with van der Waals surface area (Å²) in [5.74, 6) is -0.0860. The Balaban J connectivity index is 2.14. The second-order valence-electron chi connectivity index (χ2n) is 4.47. The monoisotopic (exact) mass is 333 g/mol. The van der Waals surface area contributed by atoms with Gasteiger partial charge >= 0.3 is 0 Å². The molecule has 5 heteroatoms. The molecule has 0 radical (unpaired) electrons. The van der Waals surface area contributed by atoms with Crippen molar-refractivity contribution in [1.82, 2.24) is 10.3 Å². The molecule has 2 rings (SSSR count). The number of pyridine rings is 1. The van der Waals surface area contributed by atoms with Crippen LogP contribution in [0.4, 0.5) is 5.69 Å². The number of carbonyl (C=O) groups is 1. The molecule has 0 saturated carbocycles. The van der Waals surface area contributed by atoms with Crippen molar-refractivity contribution >= 4 is 27.5 Å². The van der Waals surface area contributed by atoms with Gasteiger partial charge in [-0.05, 0) is 52.2 Å². The number of halogens is 1. The Bertz CT molecular complexity index is 628. The van der Waals surface area contributed by atoms with Gasteiger partial charge in [0.25, 0.3) is 5.91 Å². The summed E-state index contributed by atoms with van der Waals surface area (Å²) in [6, 6.07) is 7.63. The van der Waals surface area contributed by atoms with E-state index in [0.717, 1.165) is 21.3 Å². The molecule has 0 aliphatic rings. The van der Waals surface area contributed by atoms with Crippen LogP contribution in [-0.4, -0.2) is 17.9 Å². The van der Waals surface area contributed by atoms with Gasteiger partial charge in [0.1, 0.15) is 0 Å². The number of amides is 1. The lowest BCUT2D eigenvalue weighted by atomic mass is 10.1. The first-order chi connectivity index (χ1) is 9.60. The largest absolute Gasteiger partial charge is 0.381 e. The number of aryl methyl sites for hydroxylation is 1. The second kappa shape index (κ2) is 6.52. The highest BCUT2D eigenvalue weighted by atomic mass is 79.9. The molecule has 20 heavy (non-hydrogen) atoms. The number of hydrogen-bond acceptors (Lipinski definition) is 3. The Morgan fingerprint density at radius 3 is 2.80 bits per heavy atom. The van der Waals surface area contributed by atoms with Gasteiger partial charge in [0.05, 0.1) is 0 Å². The summed E-state index contributed by atoms with van der Waals surface area (Å²) in [4.78, 5) is 15.8. The molecular weight excluding hydrogens is 318 g/mol. The Labute approximate surface area is 126 Å². The first-order valence-electron chi connectivity index (χ1n) is 6.26. The normalized spacial score (nSPS) is 10.2. The molecular formula is C15H16BrN3O. The number of nitrogens with zero attached hydrogens (tertiary/aromatic N) is 1. The molecule has 1 amide bonds. The number of benzene rings is 1. The molecule has 2 aromatic rings. The maximum absolute atomic E-state index is 11.6. The predicted molar refractivity (Wildman–Crippen MR) is 83.8 cm³/mol. The third-order valence-corrected chi connectivity index (χ3v) is 3.40. The third kappa shape index (κ3) is 3.57. The van der Waals surface area contributed by atoms with E-state index in [4.69, 9.17) is 0 Å². The zero-order valence-corrected chi connectivity index (χ0v) is 13.0. The molecule has 0 aliphatic carbocycles. The van der Waals surface area contributed by atoms with Crippen molar-refractivity contribution < 1.29 is 4.79 Å². The van der Waals surface area contributed by atoms with Crippen LogP contribution in [0.5, 0.6) is 0 Å². The van der Waals surface area contributed by atoms with Gasteiger partial charge in [-0.15, -0.1) is 0 Å². The molecule has 0 bridgehead atoms. The van der Waals surface area contributed by atoms with Crippen LogP contribution in [0.1, 0.15) is 21.5 Å². The fraction of sp³-hybridized carbons (Fsp3) is 0.200. The van der Waals surface area contributed by atoms with Crippen molar-refractivity contribution in [3.05, 3.63) is 57.8 Å². The standard InChI is InChI=1S/C15H16BrN3O/c1-10-3-4-12(15(20)17-2)6-14(10)19-8-11-5-13(16)9-18-7-11/h3-7,9,19H,8H2,1-2H3,(H,17,20). The zero-order chi connectivity index (χ0) is 14.5. The minimum atomic E-state index is -0.0860. The lowest BCUT2D eigenvalue weighted by Crippen LogP contribution is -2.18.